The fraction of sp³-hybridized carbons (Fsp3) is 0.227. The maximum Gasteiger partial charge on any atom is 0.229 e. The van der Waals surface area contributed by atoms with Gasteiger partial charge in [0.05, 0.1) is 20.8 Å². The zero-order chi connectivity index (χ0) is 21.3. The third-order valence-corrected chi connectivity index (χ3v) is 5.16. The first-order valence-corrected chi connectivity index (χ1v) is 10.2. The minimum absolute atomic E-state index is 0.0749. The lowest BCUT2D eigenvalue weighted by atomic mass is 10.1. The normalized spacial score (nSPS) is 10.3. The predicted octanol–water partition coefficient (Wildman–Crippen LogP) is 4.11. The van der Waals surface area contributed by atoms with E-state index in [2.05, 4.69) is 10.3 Å². The van der Waals surface area contributed by atoms with Gasteiger partial charge < -0.3 is 14.8 Å². The van der Waals surface area contributed by atoms with E-state index in [0.717, 1.165) is 5.56 Å². The molecular formula is C22H23N3O4S. The minimum Gasteiger partial charge on any atom is -0.493 e. The van der Waals surface area contributed by atoms with Crippen LogP contribution in [0.4, 0.5) is 10.8 Å². The van der Waals surface area contributed by atoms with E-state index in [1.54, 1.807) is 43.5 Å². The molecule has 0 aliphatic carbocycles. The molecule has 0 atom stereocenters. The summed E-state index contributed by atoms with van der Waals surface area (Å²) in [6, 6.07) is 14.7. The number of thiazole rings is 1. The van der Waals surface area contributed by atoms with Gasteiger partial charge in [0.2, 0.25) is 11.8 Å². The lowest BCUT2D eigenvalue weighted by Gasteiger charge is -2.20. The summed E-state index contributed by atoms with van der Waals surface area (Å²) < 4.78 is 10.6. The molecule has 0 aliphatic heterocycles. The molecule has 0 aliphatic rings. The summed E-state index contributed by atoms with van der Waals surface area (Å²) in [5.74, 6) is 0.817. The van der Waals surface area contributed by atoms with E-state index in [1.807, 2.05) is 35.7 Å². The number of hydrogen-bond acceptors (Lipinski definition) is 6. The number of amides is 2. The first kappa shape index (κ1) is 21.3. The maximum absolute atomic E-state index is 12.9. The van der Waals surface area contributed by atoms with Crippen molar-refractivity contribution in [3.8, 4) is 11.5 Å². The summed E-state index contributed by atoms with van der Waals surface area (Å²) in [6.07, 6.45) is 1.81. The van der Waals surface area contributed by atoms with Crippen molar-refractivity contribution in [2.24, 2.45) is 0 Å². The van der Waals surface area contributed by atoms with Crippen LogP contribution in [0.1, 0.15) is 18.4 Å². The zero-order valence-electron chi connectivity index (χ0n) is 16.8. The molecule has 1 N–H and O–H groups in total. The van der Waals surface area contributed by atoms with Gasteiger partial charge in [-0.15, -0.1) is 11.3 Å². The summed E-state index contributed by atoms with van der Waals surface area (Å²) in [6.45, 7) is 0.313. The van der Waals surface area contributed by atoms with Crippen LogP contribution in [0.2, 0.25) is 0 Å². The number of methoxy groups -OCH3 is 2. The summed E-state index contributed by atoms with van der Waals surface area (Å²) in [5.41, 5.74) is 1.57. The SMILES string of the molecule is COc1ccc(CN(C(=O)CCC(=O)Nc2ccccc2)c2nccs2)cc1OC. The lowest BCUT2D eigenvalue weighted by molar-refractivity contribution is -0.122. The molecule has 2 amide bonds. The van der Waals surface area contributed by atoms with Gasteiger partial charge >= 0.3 is 0 Å². The van der Waals surface area contributed by atoms with Crippen LogP contribution < -0.4 is 19.7 Å². The number of rotatable bonds is 9. The molecule has 30 heavy (non-hydrogen) atoms. The van der Waals surface area contributed by atoms with Crippen LogP contribution in [0.5, 0.6) is 11.5 Å². The van der Waals surface area contributed by atoms with Crippen molar-refractivity contribution in [1.29, 1.82) is 0 Å². The molecule has 0 spiro atoms. The van der Waals surface area contributed by atoms with E-state index in [0.29, 0.717) is 28.9 Å². The Morgan fingerprint density at radius 2 is 1.80 bits per heavy atom. The van der Waals surface area contributed by atoms with Gasteiger partial charge in [-0.1, -0.05) is 24.3 Å². The van der Waals surface area contributed by atoms with E-state index in [4.69, 9.17) is 9.47 Å². The van der Waals surface area contributed by atoms with E-state index < -0.39 is 0 Å². The van der Waals surface area contributed by atoms with Gasteiger partial charge in [0.1, 0.15) is 0 Å². The predicted molar refractivity (Wildman–Crippen MR) is 117 cm³/mol. The van der Waals surface area contributed by atoms with Crippen LogP contribution in [0.25, 0.3) is 0 Å². The van der Waals surface area contributed by atoms with Crippen molar-refractivity contribution in [1.82, 2.24) is 4.98 Å². The Morgan fingerprint density at radius 1 is 1.03 bits per heavy atom. The van der Waals surface area contributed by atoms with Crippen LogP contribution in [0, 0.1) is 0 Å². The molecule has 0 bridgehead atoms. The minimum atomic E-state index is -0.209. The molecule has 2 aromatic carbocycles. The Kier molecular flexibility index (Phi) is 7.40. The van der Waals surface area contributed by atoms with E-state index >= 15 is 0 Å². The molecule has 3 rings (SSSR count). The Labute approximate surface area is 179 Å². The van der Waals surface area contributed by atoms with E-state index in [-0.39, 0.29) is 24.7 Å². The van der Waals surface area contributed by atoms with Crippen LogP contribution >= 0.6 is 11.3 Å². The Bertz CT molecular complexity index is 977. The molecule has 8 heteroatoms. The van der Waals surface area contributed by atoms with Gasteiger partial charge in [-0.25, -0.2) is 4.98 Å². The Hall–Kier alpha value is -3.39. The first-order valence-electron chi connectivity index (χ1n) is 9.36. The number of aromatic nitrogens is 1. The highest BCUT2D eigenvalue weighted by Crippen LogP contribution is 2.29. The molecule has 0 radical (unpaired) electrons. The molecule has 3 aromatic rings. The van der Waals surface area contributed by atoms with Crippen LogP contribution in [0.15, 0.2) is 60.1 Å². The highest BCUT2D eigenvalue weighted by atomic mass is 32.1. The van der Waals surface area contributed by atoms with Gasteiger partial charge in [0.25, 0.3) is 0 Å². The molecule has 0 saturated carbocycles. The highest BCUT2D eigenvalue weighted by Gasteiger charge is 2.20. The number of ether oxygens (including phenoxy) is 2. The Balaban J connectivity index is 1.68. The second-order valence-corrected chi connectivity index (χ2v) is 7.27. The van der Waals surface area contributed by atoms with Crippen molar-refractivity contribution >= 4 is 34.0 Å². The monoisotopic (exact) mass is 425 g/mol. The van der Waals surface area contributed by atoms with E-state index in [1.165, 1.54) is 11.3 Å². The molecule has 0 fully saturated rings. The van der Waals surface area contributed by atoms with Crippen LogP contribution in [0.3, 0.4) is 0 Å². The van der Waals surface area contributed by atoms with Gasteiger partial charge in [-0.2, -0.15) is 0 Å². The first-order chi connectivity index (χ1) is 14.6. The average Bonchev–Trinajstić information content (AvgIpc) is 3.31. The number of benzene rings is 2. The highest BCUT2D eigenvalue weighted by molar-refractivity contribution is 7.13. The molecule has 0 unspecified atom stereocenters. The van der Waals surface area contributed by atoms with Gasteiger partial charge in [-0.3, -0.25) is 14.5 Å². The third kappa shape index (κ3) is 5.57. The van der Waals surface area contributed by atoms with Crippen molar-refractivity contribution in [3.05, 3.63) is 65.7 Å². The molecule has 1 aromatic heterocycles. The van der Waals surface area contributed by atoms with E-state index in [9.17, 15) is 9.59 Å². The third-order valence-electron chi connectivity index (χ3n) is 4.36. The lowest BCUT2D eigenvalue weighted by Crippen LogP contribution is -2.31. The van der Waals surface area contributed by atoms with Gasteiger partial charge in [0.15, 0.2) is 16.6 Å². The molecule has 0 saturated heterocycles. The number of nitrogens with one attached hydrogen (secondary N) is 1. The Morgan fingerprint density at radius 3 is 2.47 bits per heavy atom. The second kappa shape index (κ2) is 10.4. The molecule has 1 heterocycles. The summed E-state index contributed by atoms with van der Waals surface area (Å²) in [5, 5.41) is 5.19. The quantitative estimate of drug-likeness (QED) is 0.558. The average molecular weight is 426 g/mol. The number of nitrogens with zero attached hydrogens (tertiary/aromatic N) is 2. The largest absolute Gasteiger partial charge is 0.493 e. The number of hydrogen-bond donors (Lipinski definition) is 1. The summed E-state index contributed by atoms with van der Waals surface area (Å²) in [7, 11) is 3.14. The van der Waals surface area contributed by atoms with Crippen molar-refractivity contribution in [2.45, 2.75) is 19.4 Å². The van der Waals surface area contributed by atoms with Crippen LogP contribution in [-0.4, -0.2) is 31.0 Å². The number of carbonyl (C=O) groups excluding carboxylic acids is 2. The topological polar surface area (TPSA) is 80.8 Å². The summed E-state index contributed by atoms with van der Waals surface area (Å²) in [4.78, 5) is 31.0. The van der Waals surface area contributed by atoms with Crippen molar-refractivity contribution in [2.75, 3.05) is 24.4 Å². The molecular weight excluding hydrogens is 402 g/mol. The van der Waals surface area contributed by atoms with Crippen molar-refractivity contribution in [3.63, 3.8) is 0 Å². The van der Waals surface area contributed by atoms with Gasteiger partial charge in [0, 0.05) is 30.1 Å². The maximum atomic E-state index is 12.9. The van der Waals surface area contributed by atoms with Crippen LogP contribution in [-0.2, 0) is 16.1 Å². The molecule has 156 valence electrons. The number of para-hydroxylation sites is 1. The smallest absolute Gasteiger partial charge is 0.229 e. The molecule has 7 nitrogen and oxygen atoms in total. The zero-order valence-corrected chi connectivity index (χ0v) is 17.6. The number of anilines is 2. The number of carbonyl (C=O) groups is 2. The summed E-state index contributed by atoms with van der Waals surface area (Å²) >= 11 is 1.37. The standard InChI is InChI=1S/C22H23N3O4S/c1-28-18-9-8-16(14-19(18)29-2)15-25(22-23-12-13-30-22)21(27)11-10-20(26)24-17-6-4-3-5-7-17/h3-9,12-14H,10-11,15H2,1-2H3,(H,24,26). The van der Waals surface area contributed by atoms with Gasteiger partial charge in [-0.05, 0) is 29.8 Å². The van der Waals surface area contributed by atoms with Crippen molar-refractivity contribution < 1.29 is 19.1 Å². The second-order valence-electron chi connectivity index (χ2n) is 6.40. The fourth-order valence-corrected chi connectivity index (χ4v) is 3.53. The fourth-order valence-electron chi connectivity index (χ4n) is 2.87.